The SMILES string of the molecule is CC(C)(C)OC(=O)N1CCC(CCNC(=O)CNC(=O)c2ccc(S(=O)(=O)Nc3ccccc3Oc3ccc(Cl)cc3Cl)cc2)CC1. The molecule has 3 aromatic carbocycles. The number of benzene rings is 3. The van der Waals surface area contributed by atoms with Crippen LogP contribution in [0.4, 0.5) is 10.5 Å². The molecule has 3 aromatic rings. The maximum Gasteiger partial charge on any atom is 0.410 e. The van der Waals surface area contributed by atoms with Gasteiger partial charge in [-0.2, -0.15) is 0 Å². The maximum atomic E-state index is 13.1. The zero-order valence-electron chi connectivity index (χ0n) is 26.3. The molecule has 0 radical (unpaired) electrons. The number of nitrogens with one attached hydrogen (secondary N) is 3. The molecule has 1 fully saturated rings. The highest BCUT2D eigenvalue weighted by Crippen LogP contribution is 2.35. The number of hydrogen-bond acceptors (Lipinski definition) is 7. The van der Waals surface area contributed by atoms with Crippen LogP contribution >= 0.6 is 23.2 Å². The van der Waals surface area contributed by atoms with Gasteiger partial charge in [0.15, 0.2) is 5.75 Å². The monoisotopic (exact) mass is 704 g/mol. The van der Waals surface area contributed by atoms with Crippen LogP contribution in [0.3, 0.4) is 0 Å². The predicted molar refractivity (Wildman–Crippen MR) is 181 cm³/mol. The van der Waals surface area contributed by atoms with Gasteiger partial charge in [0.25, 0.3) is 15.9 Å². The van der Waals surface area contributed by atoms with Crippen molar-refractivity contribution in [2.45, 2.75) is 50.5 Å². The van der Waals surface area contributed by atoms with Gasteiger partial charge in [-0.05, 0) is 101 Å². The quantitative estimate of drug-likeness (QED) is 0.208. The van der Waals surface area contributed by atoms with Crippen LogP contribution in [0.15, 0.2) is 71.6 Å². The Hall–Kier alpha value is -4.00. The fourth-order valence-electron chi connectivity index (χ4n) is 4.78. The van der Waals surface area contributed by atoms with E-state index in [1.165, 1.54) is 30.3 Å². The van der Waals surface area contributed by atoms with E-state index in [1.54, 1.807) is 41.3 Å². The molecular weight excluding hydrogens is 667 g/mol. The Bertz CT molecular complexity index is 1690. The smallest absolute Gasteiger partial charge is 0.410 e. The molecule has 252 valence electrons. The van der Waals surface area contributed by atoms with Gasteiger partial charge in [-0.3, -0.25) is 14.3 Å². The Balaban J connectivity index is 1.22. The number of carbonyl (C=O) groups excluding carboxylic acids is 3. The number of rotatable bonds is 11. The molecule has 0 spiro atoms. The van der Waals surface area contributed by atoms with Crippen molar-refractivity contribution < 1.29 is 32.3 Å². The molecule has 1 saturated heterocycles. The summed E-state index contributed by atoms with van der Waals surface area (Å²) in [7, 11) is -4.05. The Kier molecular flexibility index (Phi) is 12.0. The van der Waals surface area contributed by atoms with E-state index in [-0.39, 0.29) is 45.5 Å². The van der Waals surface area contributed by atoms with Crippen molar-refractivity contribution in [2.24, 2.45) is 5.92 Å². The van der Waals surface area contributed by atoms with Gasteiger partial charge < -0.3 is 25.0 Å². The standard InChI is InChI=1S/C33H38Cl2N4O7S/c1-33(2,3)46-32(42)39-18-15-22(16-19-39)14-17-36-30(40)21-37-31(41)23-8-11-25(12-9-23)47(43,44)38-27-6-4-5-7-29(27)45-28-13-10-24(34)20-26(28)35/h4-13,20,22,38H,14-19,21H2,1-3H3,(H,36,40)(H,37,41). The van der Waals surface area contributed by atoms with E-state index in [0.29, 0.717) is 36.3 Å². The normalized spacial score (nSPS) is 13.9. The van der Waals surface area contributed by atoms with Gasteiger partial charge in [0.1, 0.15) is 11.4 Å². The van der Waals surface area contributed by atoms with Crippen molar-refractivity contribution in [3.63, 3.8) is 0 Å². The van der Waals surface area contributed by atoms with Crippen LogP contribution in [-0.4, -0.2) is 63.0 Å². The van der Waals surface area contributed by atoms with Crippen LogP contribution < -0.4 is 20.1 Å². The Labute approximate surface area is 285 Å². The highest BCUT2D eigenvalue weighted by Gasteiger charge is 2.27. The molecule has 3 amide bonds. The number of hydrogen-bond donors (Lipinski definition) is 3. The molecule has 4 rings (SSSR count). The lowest BCUT2D eigenvalue weighted by molar-refractivity contribution is -0.120. The van der Waals surface area contributed by atoms with Gasteiger partial charge in [0.05, 0.1) is 22.2 Å². The summed E-state index contributed by atoms with van der Waals surface area (Å²) in [4.78, 5) is 38.8. The van der Waals surface area contributed by atoms with Gasteiger partial charge in [0.2, 0.25) is 5.91 Å². The van der Waals surface area contributed by atoms with E-state index in [9.17, 15) is 22.8 Å². The highest BCUT2D eigenvalue weighted by atomic mass is 35.5. The molecule has 0 saturated carbocycles. The van der Waals surface area contributed by atoms with Crippen molar-refractivity contribution in [3.8, 4) is 11.5 Å². The minimum absolute atomic E-state index is 0.0805. The maximum absolute atomic E-state index is 13.1. The van der Waals surface area contributed by atoms with E-state index < -0.39 is 21.5 Å². The molecular formula is C33H38Cl2N4O7S. The molecule has 1 aliphatic rings. The first-order chi connectivity index (χ1) is 22.2. The van der Waals surface area contributed by atoms with Gasteiger partial charge in [-0.1, -0.05) is 35.3 Å². The summed E-state index contributed by atoms with van der Waals surface area (Å²) in [6, 6.07) is 16.5. The summed E-state index contributed by atoms with van der Waals surface area (Å²) < 4.78 is 40.0. The first-order valence-electron chi connectivity index (χ1n) is 15.1. The lowest BCUT2D eigenvalue weighted by Crippen LogP contribution is -2.42. The average molecular weight is 706 g/mol. The van der Waals surface area contributed by atoms with Crippen molar-refractivity contribution in [2.75, 3.05) is 30.9 Å². The van der Waals surface area contributed by atoms with Gasteiger partial charge in [0, 0.05) is 30.2 Å². The largest absolute Gasteiger partial charge is 0.454 e. The van der Waals surface area contributed by atoms with E-state index in [0.717, 1.165) is 19.3 Å². The molecule has 1 aliphatic heterocycles. The summed E-state index contributed by atoms with van der Waals surface area (Å²) in [6.07, 6.45) is 2.11. The number of piperidine rings is 1. The first-order valence-corrected chi connectivity index (χ1v) is 17.3. The lowest BCUT2D eigenvalue weighted by Gasteiger charge is -2.33. The zero-order valence-corrected chi connectivity index (χ0v) is 28.7. The second kappa shape index (κ2) is 15.7. The number of para-hydroxylation sites is 2. The van der Waals surface area contributed by atoms with Gasteiger partial charge in [-0.25, -0.2) is 13.2 Å². The molecule has 14 heteroatoms. The number of nitrogens with zero attached hydrogens (tertiary/aromatic N) is 1. The van der Waals surface area contributed by atoms with E-state index in [1.807, 2.05) is 20.8 Å². The number of anilines is 1. The molecule has 3 N–H and O–H groups in total. The molecule has 0 aliphatic carbocycles. The number of halogens is 2. The number of sulfonamides is 1. The second-order valence-electron chi connectivity index (χ2n) is 12.0. The summed E-state index contributed by atoms with van der Waals surface area (Å²) in [5.41, 5.74) is -0.165. The predicted octanol–water partition coefficient (Wildman–Crippen LogP) is 6.47. The topological polar surface area (TPSA) is 143 Å². The zero-order chi connectivity index (χ0) is 34.2. The fourth-order valence-corrected chi connectivity index (χ4v) is 6.29. The number of likely N-dealkylation sites (tertiary alicyclic amines) is 1. The van der Waals surface area contributed by atoms with Crippen molar-refractivity contribution in [1.82, 2.24) is 15.5 Å². The number of carbonyl (C=O) groups is 3. The van der Waals surface area contributed by atoms with Crippen LogP contribution in [0.2, 0.25) is 10.0 Å². The first kappa shape index (κ1) is 35.8. The minimum Gasteiger partial charge on any atom is -0.454 e. The van der Waals surface area contributed by atoms with Crippen LogP contribution in [0.1, 0.15) is 50.4 Å². The third kappa shape index (κ3) is 10.8. The lowest BCUT2D eigenvalue weighted by atomic mass is 9.94. The third-order valence-corrected chi connectivity index (χ3v) is 9.13. The molecule has 47 heavy (non-hydrogen) atoms. The molecule has 0 atom stereocenters. The van der Waals surface area contributed by atoms with E-state index >= 15 is 0 Å². The van der Waals surface area contributed by atoms with Gasteiger partial charge >= 0.3 is 6.09 Å². The Morgan fingerprint density at radius 3 is 2.26 bits per heavy atom. The van der Waals surface area contributed by atoms with Gasteiger partial charge in [-0.15, -0.1) is 0 Å². The Morgan fingerprint density at radius 1 is 0.915 bits per heavy atom. The molecule has 0 aromatic heterocycles. The van der Waals surface area contributed by atoms with Crippen LogP contribution in [-0.2, 0) is 19.6 Å². The highest BCUT2D eigenvalue weighted by molar-refractivity contribution is 7.92. The van der Waals surface area contributed by atoms with Crippen molar-refractivity contribution >= 4 is 56.8 Å². The van der Waals surface area contributed by atoms with Crippen LogP contribution in [0.25, 0.3) is 0 Å². The Morgan fingerprint density at radius 2 is 1.60 bits per heavy atom. The van der Waals surface area contributed by atoms with Crippen molar-refractivity contribution in [1.29, 1.82) is 0 Å². The van der Waals surface area contributed by atoms with Crippen LogP contribution in [0.5, 0.6) is 11.5 Å². The summed E-state index contributed by atoms with van der Waals surface area (Å²) in [6.45, 7) is 6.96. The van der Waals surface area contributed by atoms with Crippen LogP contribution in [0, 0.1) is 5.92 Å². The minimum atomic E-state index is -4.05. The van der Waals surface area contributed by atoms with E-state index in [2.05, 4.69) is 15.4 Å². The molecule has 11 nitrogen and oxygen atoms in total. The molecule has 0 bridgehead atoms. The summed E-state index contributed by atoms with van der Waals surface area (Å²) in [5.74, 6) is 0.0250. The third-order valence-electron chi connectivity index (χ3n) is 7.22. The molecule has 1 heterocycles. The average Bonchev–Trinajstić information content (AvgIpc) is 3.01. The van der Waals surface area contributed by atoms with Crippen molar-refractivity contribution in [3.05, 3.63) is 82.3 Å². The fraction of sp³-hybridized carbons (Fsp3) is 0.364. The number of ether oxygens (including phenoxy) is 2. The van der Waals surface area contributed by atoms with E-state index in [4.69, 9.17) is 32.7 Å². The number of amides is 3. The summed E-state index contributed by atoms with van der Waals surface area (Å²) >= 11 is 12.1. The summed E-state index contributed by atoms with van der Waals surface area (Å²) in [5, 5.41) is 6.05. The molecule has 0 unspecified atom stereocenters. The second-order valence-corrected chi connectivity index (χ2v) is 14.6.